The highest BCUT2D eigenvalue weighted by atomic mass is 32.2. The summed E-state index contributed by atoms with van der Waals surface area (Å²) in [7, 11) is -6.74. The summed E-state index contributed by atoms with van der Waals surface area (Å²) in [5.74, 6) is 0. The van der Waals surface area contributed by atoms with E-state index in [1.165, 1.54) is 23.1 Å². The summed E-state index contributed by atoms with van der Waals surface area (Å²) >= 11 is 0. The number of hydrogen-bond donors (Lipinski definition) is 0. The fraction of sp³-hybridized carbons (Fsp3) is 0.593. The Labute approximate surface area is 239 Å². The fourth-order valence-electron chi connectivity index (χ4n) is 3.81. The van der Waals surface area contributed by atoms with E-state index < -0.39 is 57.6 Å². The molecule has 1 aliphatic rings. The Morgan fingerprint density at radius 1 is 1.23 bits per heavy atom. The van der Waals surface area contributed by atoms with Gasteiger partial charge >= 0.3 is 6.09 Å². The molecule has 13 heteroatoms. The molecule has 2 atom stereocenters. The van der Waals surface area contributed by atoms with Crippen LogP contribution in [0, 0.1) is 10.1 Å². The van der Waals surface area contributed by atoms with E-state index in [1.807, 2.05) is 0 Å². The van der Waals surface area contributed by atoms with Crippen LogP contribution in [0.1, 0.15) is 48.5 Å². The van der Waals surface area contributed by atoms with Gasteiger partial charge in [0.25, 0.3) is 15.7 Å². The standard InChI is InChI=1S/C27H43N3O8SSi/c1-11-16-36-30(39(34,35)24-15-13-12-14-22(24)29(32)33)21-17-20(2)23(19-37-40(9,10)27(6,7)8)28(18-21)25(31)38-26(3,4)5/h11-15,17,21,23H,1,16,18-19H2,2-10H3/t21-,23-/m1/s1. The first-order valence-corrected chi connectivity index (χ1v) is 17.4. The van der Waals surface area contributed by atoms with Crippen molar-refractivity contribution in [1.29, 1.82) is 0 Å². The summed E-state index contributed by atoms with van der Waals surface area (Å²) in [6.45, 7) is 21.1. The number of hydrogen-bond acceptors (Lipinski definition) is 8. The van der Waals surface area contributed by atoms with Crippen molar-refractivity contribution in [3.63, 3.8) is 0 Å². The maximum atomic E-state index is 13.8. The van der Waals surface area contributed by atoms with Crippen LogP contribution in [0.4, 0.5) is 10.5 Å². The molecule has 1 heterocycles. The smallest absolute Gasteiger partial charge is 0.410 e. The number of carbonyl (C=O) groups excluding carboxylic acids is 1. The lowest BCUT2D eigenvalue weighted by atomic mass is 10.00. The van der Waals surface area contributed by atoms with E-state index in [0.717, 1.165) is 12.1 Å². The molecule has 1 amide bonds. The van der Waals surface area contributed by atoms with Gasteiger partial charge in [-0.05, 0) is 51.9 Å². The number of sulfonamides is 1. The minimum Gasteiger partial charge on any atom is -0.444 e. The molecule has 1 aliphatic heterocycles. The number of amides is 1. The van der Waals surface area contributed by atoms with E-state index in [9.17, 15) is 23.3 Å². The van der Waals surface area contributed by atoms with Crippen molar-refractivity contribution in [2.24, 2.45) is 0 Å². The van der Waals surface area contributed by atoms with Gasteiger partial charge in [-0.1, -0.05) is 55.1 Å². The number of hydroxylamine groups is 1. The molecule has 1 aromatic rings. The Kier molecular flexibility index (Phi) is 10.5. The number of rotatable bonds is 10. The van der Waals surface area contributed by atoms with Crippen LogP contribution in [-0.2, 0) is 24.0 Å². The summed E-state index contributed by atoms with van der Waals surface area (Å²) in [4.78, 5) is 30.9. The normalized spacial score (nSPS) is 18.9. The van der Waals surface area contributed by atoms with Crippen LogP contribution in [0.25, 0.3) is 0 Å². The summed E-state index contributed by atoms with van der Waals surface area (Å²) in [6.07, 6.45) is 2.42. The van der Waals surface area contributed by atoms with E-state index >= 15 is 0 Å². The zero-order valence-electron chi connectivity index (χ0n) is 25.0. The SMILES string of the molecule is C=CCON([C@@H]1C=C(C)[C@@H](CO[Si](C)(C)C(C)(C)C)N(C(=O)OC(C)(C)C)C1)S(=O)(=O)c1ccccc1[N+](=O)[O-]. The van der Waals surface area contributed by atoms with Gasteiger partial charge in [0.15, 0.2) is 13.2 Å². The Hall–Kier alpha value is -2.58. The predicted molar refractivity (Wildman–Crippen MR) is 156 cm³/mol. The summed E-state index contributed by atoms with van der Waals surface area (Å²) < 4.78 is 40.5. The van der Waals surface area contributed by atoms with Crippen LogP contribution in [0.15, 0.2) is 53.5 Å². The molecule has 0 fully saturated rings. The van der Waals surface area contributed by atoms with Crippen LogP contribution in [0.2, 0.25) is 18.1 Å². The number of ether oxygens (including phenoxy) is 1. The Morgan fingerprint density at radius 2 is 1.82 bits per heavy atom. The average Bonchev–Trinajstić information content (AvgIpc) is 2.81. The van der Waals surface area contributed by atoms with Gasteiger partial charge in [-0.2, -0.15) is 0 Å². The first kappa shape index (κ1) is 33.6. The lowest BCUT2D eigenvalue weighted by Crippen LogP contribution is -2.57. The first-order chi connectivity index (χ1) is 18.2. The molecule has 0 spiro atoms. The molecule has 0 aliphatic carbocycles. The van der Waals surface area contributed by atoms with Gasteiger partial charge in [-0.3, -0.25) is 19.9 Å². The van der Waals surface area contributed by atoms with E-state index in [2.05, 4.69) is 40.4 Å². The Morgan fingerprint density at radius 3 is 2.35 bits per heavy atom. The van der Waals surface area contributed by atoms with Crippen molar-refractivity contribution in [1.82, 2.24) is 9.37 Å². The number of benzene rings is 1. The van der Waals surface area contributed by atoms with Gasteiger partial charge in [0, 0.05) is 12.6 Å². The van der Waals surface area contributed by atoms with Crippen molar-refractivity contribution in [2.45, 2.75) is 89.2 Å². The number of para-hydroxylation sites is 1. The topological polar surface area (TPSA) is 129 Å². The molecule has 0 saturated carbocycles. The molecular weight excluding hydrogens is 554 g/mol. The van der Waals surface area contributed by atoms with E-state index in [0.29, 0.717) is 10.0 Å². The van der Waals surface area contributed by atoms with Crippen molar-refractivity contribution < 1.29 is 32.1 Å². The molecule has 0 radical (unpaired) electrons. The highest BCUT2D eigenvalue weighted by Gasteiger charge is 2.44. The minimum absolute atomic E-state index is 0.0631. The van der Waals surface area contributed by atoms with Gasteiger partial charge in [0.05, 0.1) is 30.2 Å². The molecule has 0 aromatic heterocycles. The predicted octanol–water partition coefficient (Wildman–Crippen LogP) is 5.66. The number of nitrogens with zero attached hydrogens (tertiary/aromatic N) is 3. The van der Waals surface area contributed by atoms with Crippen LogP contribution < -0.4 is 0 Å². The summed E-state index contributed by atoms with van der Waals surface area (Å²) in [6, 6.07) is 3.51. The second-order valence-corrected chi connectivity index (χ2v) is 18.8. The minimum atomic E-state index is -4.55. The zero-order chi connectivity index (χ0) is 30.7. The molecule has 0 unspecified atom stereocenters. The maximum absolute atomic E-state index is 13.8. The van der Waals surface area contributed by atoms with Crippen molar-refractivity contribution in [3.8, 4) is 0 Å². The fourth-order valence-corrected chi connectivity index (χ4v) is 6.35. The van der Waals surface area contributed by atoms with Crippen LogP contribution in [0.5, 0.6) is 0 Å². The number of nitro groups is 1. The summed E-state index contributed by atoms with van der Waals surface area (Å²) in [5, 5.41) is 11.6. The molecule has 11 nitrogen and oxygen atoms in total. The highest BCUT2D eigenvalue weighted by Crippen LogP contribution is 2.38. The number of carbonyl (C=O) groups is 1. The quantitative estimate of drug-likeness (QED) is 0.146. The van der Waals surface area contributed by atoms with Gasteiger partial charge < -0.3 is 9.16 Å². The third-order valence-corrected chi connectivity index (χ3v) is 13.2. The van der Waals surface area contributed by atoms with Crippen LogP contribution >= 0.6 is 0 Å². The molecule has 40 heavy (non-hydrogen) atoms. The molecule has 2 rings (SSSR count). The van der Waals surface area contributed by atoms with Crippen molar-refractivity contribution >= 4 is 30.1 Å². The van der Waals surface area contributed by atoms with E-state index in [1.54, 1.807) is 33.8 Å². The van der Waals surface area contributed by atoms with Gasteiger partial charge in [0.1, 0.15) is 5.60 Å². The third kappa shape index (κ3) is 8.00. The van der Waals surface area contributed by atoms with Gasteiger partial charge in [-0.25, -0.2) is 13.2 Å². The second kappa shape index (κ2) is 12.5. The van der Waals surface area contributed by atoms with E-state index in [-0.39, 0.29) is 24.8 Å². The first-order valence-electron chi connectivity index (χ1n) is 13.1. The Bertz CT molecular complexity index is 1230. The van der Waals surface area contributed by atoms with E-state index in [4.69, 9.17) is 14.0 Å². The monoisotopic (exact) mass is 597 g/mol. The Balaban J connectivity index is 2.59. The highest BCUT2D eigenvalue weighted by molar-refractivity contribution is 7.89. The zero-order valence-corrected chi connectivity index (χ0v) is 26.8. The second-order valence-electron chi connectivity index (χ2n) is 12.3. The third-order valence-electron chi connectivity index (χ3n) is 6.94. The lowest BCUT2D eigenvalue weighted by Gasteiger charge is -2.43. The maximum Gasteiger partial charge on any atom is 0.410 e. The summed E-state index contributed by atoms with van der Waals surface area (Å²) in [5.41, 5.74) is -0.718. The van der Waals surface area contributed by atoms with Crippen LogP contribution in [0.3, 0.4) is 0 Å². The lowest BCUT2D eigenvalue weighted by molar-refractivity contribution is -0.388. The molecular formula is C27H43N3O8SSi. The number of nitro benzene ring substituents is 1. The van der Waals surface area contributed by atoms with Gasteiger partial charge in [-0.15, -0.1) is 6.58 Å². The van der Waals surface area contributed by atoms with Crippen molar-refractivity contribution in [2.75, 3.05) is 19.8 Å². The molecule has 0 N–H and O–H groups in total. The largest absolute Gasteiger partial charge is 0.444 e. The van der Waals surface area contributed by atoms with Crippen LogP contribution in [-0.4, -0.2) is 74.6 Å². The molecule has 0 bridgehead atoms. The molecule has 224 valence electrons. The molecule has 1 aromatic carbocycles. The average molecular weight is 598 g/mol. The van der Waals surface area contributed by atoms with Gasteiger partial charge in [0.2, 0.25) is 0 Å². The molecule has 0 saturated heterocycles. The van der Waals surface area contributed by atoms with Crippen molar-refractivity contribution in [3.05, 3.63) is 58.7 Å².